The van der Waals surface area contributed by atoms with Crippen molar-refractivity contribution in [2.75, 3.05) is 6.54 Å². The quantitative estimate of drug-likeness (QED) is 0.530. The van der Waals surface area contributed by atoms with Crippen molar-refractivity contribution in [3.8, 4) is 0 Å². The Labute approximate surface area is 155 Å². The lowest BCUT2D eigenvalue weighted by Gasteiger charge is -2.21. The molecule has 0 saturated carbocycles. The maximum atomic E-state index is 10.6. The number of halogens is 3. The van der Waals surface area contributed by atoms with Crippen LogP contribution in [-0.2, 0) is 16.1 Å². The van der Waals surface area contributed by atoms with Gasteiger partial charge in [0.15, 0.2) is 12.5 Å². The third kappa shape index (κ3) is 5.74. The van der Waals surface area contributed by atoms with Crippen molar-refractivity contribution in [2.45, 2.75) is 18.9 Å². The van der Waals surface area contributed by atoms with Crippen LogP contribution in [0.1, 0.15) is 17.2 Å². The Balaban J connectivity index is 2.12. The van der Waals surface area contributed by atoms with Crippen molar-refractivity contribution >= 4 is 41.1 Å². The molecule has 0 radical (unpaired) electrons. The number of benzene rings is 2. The van der Waals surface area contributed by atoms with Crippen LogP contribution in [0.5, 0.6) is 0 Å². The average Bonchev–Trinajstić information content (AvgIpc) is 2.57. The number of hydrogen-bond donors (Lipinski definition) is 2. The first-order valence-corrected chi connectivity index (χ1v) is 8.30. The van der Waals surface area contributed by atoms with Crippen LogP contribution in [0.3, 0.4) is 0 Å². The minimum atomic E-state index is -1.27. The number of hydrogen-bond acceptors (Lipinski definition) is 4. The monoisotopic (exact) mass is 387 g/mol. The smallest absolute Gasteiger partial charge is 0.163 e. The molecule has 0 aliphatic rings. The zero-order valence-electron chi connectivity index (χ0n) is 12.6. The first-order chi connectivity index (χ1) is 11.5. The van der Waals surface area contributed by atoms with Crippen LogP contribution >= 0.6 is 34.8 Å². The van der Waals surface area contributed by atoms with Gasteiger partial charge in [-0.15, -0.1) is 0 Å². The summed E-state index contributed by atoms with van der Waals surface area (Å²) in [7, 11) is 0. The van der Waals surface area contributed by atoms with Gasteiger partial charge in [-0.3, -0.25) is 10.1 Å². The summed E-state index contributed by atoms with van der Waals surface area (Å²) in [5, 5.41) is 13.7. The highest BCUT2D eigenvalue weighted by molar-refractivity contribution is 6.35. The highest BCUT2D eigenvalue weighted by Gasteiger charge is 2.17. The fourth-order valence-electron chi connectivity index (χ4n) is 2.07. The fraction of sp³-hybridized carbons (Fsp3) is 0.235. The van der Waals surface area contributed by atoms with Crippen LogP contribution in [0.25, 0.3) is 0 Å². The summed E-state index contributed by atoms with van der Waals surface area (Å²) in [4.78, 5) is 10.6. The molecule has 2 aromatic rings. The minimum absolute atomic E-state index is 0.203. The molecule has 2 rings (SSSR count). The van der Waals surface area contributed by atoms with Gasteiger partial charge in [-0.05, 0) is 29.8 Å². The normalized spacial score (nSPS) is 13.5. The van der Waals surface area contributed by atoms with E-state index in [2.05, 4.69) is 5.32 Å². The second-order valence-electron chi connectivity index (χ2n) is 5.08. The summed E-state index contributed by atoms with van der Waals surface area (Å²) < 4.78 is 5.91. The highest BCUT2D eigenvalue weighted by atomic mass is 35.5. The van der Waals surface area contributed by atoms with Crippen molar-refractivity contribution in [1.29, 1.82) is 0 Å². The number of carbonyl (C=O) groups excluding carboxylic acids is 1. The molecule has 0 aromatic heterocycles. The van der Waals surface area contributed by atoms with Gasteiger partial charge in [0.05, 0.1) is 12.7 Å². The summed E-state index contributed by atoms with van der Waals surface area (Å²) >= 11 is 18.0. The molecule has 128 valence electrons. The summed E-state index contributed by atoms with van der Waals surface area (Å²) in [5.74, 6) is 0. The predicted octanol–water partition coefficient (Wildman–Crippen LogP) is 4.01. The van der Waals surface area contributed by atoms with Crippen LogP contribution in [0.2, 0.25) is 15.1 Å². The van der Waals surface area contributed by atoms with Crippen LogP contribution in [0.15, 0.2) is 42.5 Å². The number of aliphatic hydroxyl groups is 1. The van der Waals surface area contributed by atoms with Crippen molar-refractivity contribution in [3.05, 3.63) is 68.7 Å². The fourth-order valence-corrected chi connectivity index (χ4v) is 2.73. The van der Waals surface area contributed by atoms with Gasteiger partial charge in [0.25, 0.3) is 0 Å². The van der Waals surface area contributed by atoms with E-state index < -0.39 is 12.3 Å². The number of aliphatic hydroxyl groups excluding tert-OH is 1. The first kappa shape index (κ1) is 19.2. The van der Waals surface area contributed by atoms with Gasteiger partial charge in [-0.2, -0.15) is 0 Å². The van der Waals surface area contributed by atoms with Crippen LogP contribution < -0.4 is 5.32 Å². The van der Waals surface area contributed by atoms with Gasteiger partial charge in [0.2, 0.25) is 0 Å². The standard InChI is InChI=1S/C17H16Cl3NO3/c18-12-3-1-11(2-4-12)10-24-16(8-21-17(23)9-22)14-6-5-13(19)7-15(14)20/h1-7,9,16-17,21,23H,8,10H2. The molecule has 0 spiro atoms. The molecule has 0 amide bonds. The first-order valence-electron chi connectivity index (χ1n) is 7.17. The zero-order chi connectivity index (χ0) is 17.5. The van der Waals surface area contributed by atoms with Crippen LogP contribution in [-0.4, -0.2) is 24.2 Å². The Morgan fingerprint density at radius 1 is 1.08 bits per heavy atom. The van der Waals surface area contributed by atoms with E-state index in [9.17, 15) is 9.90 Å². The van der Waals surface area contributed by atoms with Crippen molar-refractivity contribution in [3.63, 3.8) is 0 Å². The Bertz CT molecular complexity index is 679. The van der Waals surface area contributed by atoms with E-state index in [0.717, 1.165) is 5.56 Å². The van der Waals surface area contributed by atoms with Gasteiger partial charge in [-0.1, -0.05) is 53.0 Å². The summed E-state index contributed by atoms with van der Waals surface area (Å²) in [5.41, 5.74) is 1.64. The number of carbonyl (C=O) groups is 1. The molecular formula is C17H16Cl3NO3. The maximum Gasteiger partial charge on any atom is 0.163 e. The van der Waals surface area contributed by atoms with E-state index >= 15 is 0 Å². The van der Waals surface area contributed by atoms with Crippen LogP contribution in [0, 0.1) is 0 Å². The Morgan fingerprint density at radius 2 is 1.75 bits per heavy atom. The van der Waals surface area contributed by atoms with Crippen LogP contribution in [0.4, 0.5) is 0 Å². The molecule has 0 aliphatic carbocycles. The predicted molar refractivity (Wildman–Crippen MR) is 95.5 cm³/mol. The van der Waals surface area contributed by atoms with Crippen molar-refractivity contribution in [1.82, 2.24) is 5.32 Å². The Morgan fingerprint density at radius 3 is 2.38 bits per heavy atom. The molecule has 2 aromatic carbocycles. The number of aldehydes is 1. The lowest BCUT2D eigenvalue weighted by atomic mass is 10.1. The number of ether oxygens (including phenoxy) is 1. The van der Waals surface area contributed by atoms with E-state index in [0.29, 0.717) is 33.5 Å². The summed E-state index contributed by atoms with van der Waals surface area (Å²) in [6.07, 6.45) is -1.34. The molecular weight excluding hydrogens is 373 g/mol. The van der Waals surface area contributed by atoms with Gasteiger partial charge in [0, 0.05) is 27.2 Å². The van der Waals surface area contributed by atoms with Crippen molar-refractivity contribution in [2.24, 2.45) is 0 Å². The van der Waals surface area contributed by atoms with E-state index in [1.54, 1.807) is 30.3 Å². The second-order valence-corrected chi connectivity index (χ2v) is 6.36. The molecule has 0 fully saturated rings. The second kappa shape index (κ2) is 9.37. The molecule has 0 bridgehead atoms. The lowest BCUT2D eigenvalue weighted by Crippen LogP contribution is -2.34. The average molecular weight is 389 g/mol. The molecule has 0 heterocycles. The highest BCUT2D eigenvalue weighted by Crippen LogP contribution is 2.29. The van der Waals surface area contributed by atoms with Gasteiger partial charge in [-0.25, -0.2) is 0 Å². The molecule has 7 heteroatoms. The molecule has 0 saturated heterocycles. The molecule has 2 atom stereocenters. The van der Waals surface area contributed by atoms with Gasteiger partial charge in [0.1, 0.15) is 0 Å². The van der Waals surface area contributed by atoms with Gasteiger partial charge < -0.3 is 9.84 Å². The van der Waals surface area contributed by atoms with E-state index in [-0.39, 0.29) is 6.54 Å². The molecule has 2 unspecified atom stereocenters. The third-order valence-electron chi connectivity index (χ3n) is 3.32. The minimum Gasteiger partial charge on any atom is -0.372 e. The number of nitrogens with one attached hydrogen (secondary N) is 1. The molecule has 0 aliphatic heterocycles. The zero-order valence-corrected chi connectivity index (χ0v) is 14.9. The lowest BCUT2D eigenvalue weighted by molar-refractivity contribution is -0.116. The maximum absolute atomic E-state index is 10.6. The topological polar surface area (TPSA) is 58.6 Å². The molecule has 24 heavy (non-hydrogen) atoms. The van der Waals surface area contributed by atoms with E-state index in [1.807, 2.05) is 12.1 Å². The number of rotatable bonds is 8. The Kier molecular flexibility index (Phi) is 7.49. The van der Waals surface area contributed by atoms with E-state index in [1.165, 1.54) is 0 Å². The molecule has 4 nitrogen and oxygen atoms in total. The van der Waals surface area contributed by atoms with Gasteiger partial charge >= 0.3 is 0 Å². The summed E-state index contributed by atoms with van der Waals surface area (Å²) in [6.45, 7) is 0.522. The largest absolute Gasteiger partial charge is 0.372 e. The summed E-state index contributed by atoms with van der Waals surface area (Å²) in [6, 6.07) is 12.3. The Hall–Kier alpha value is -1.14. The third-order valence-corrected chi connectivity index (χ3v) is 4.13. The molecule has 2 N–H and O–H groups in total. The SMILES string of the molecule is O=CC(O)NCC(OCc1ccc(Cl)cc1)c1ccc(Cl)cc1Cl. The van der Waals surface area contributed by atoms with E-state index in [4.69, 9.17) is 39.5 Å². The van der Waals surface area contributed by atoms with Crippen molar-refractivity contribution < 1.29 is 14.6 Å².